The number of hydrogen-bond acceptors (Lipinski definition) is 4. The number of aromatic nitrogens is 1. The molecule has 0 aliphatic carbocycles. The molecule has 1 saturated heterocycles. The van der Waals surface area contributed by atoms with E-state index in [4.69, 9.17) is 0 Å². The zero-order chi connectivity index (χ0) is 17.6. The number of para-hydroxylation sites is 1. The van der Waals surface area contributed by atoms with Gasteiger partial charge in [-0.05, 0) is 48.2 Å². The molecular formula is C19H14N2O3S. The fourth-order valence-electron chi connectivity index (χ4n) is 2.92. The number of fused-ring (bicyclic) bond motifs is 1. The van der Waals surface area contributed by atoms with E-state index in [9.17, 15) is 14.7 Å². The summed E-state index contributed by atoms with van der Waals surface area (Å²) < 4.78 is 1.99. The van der Waals surface area contributed by atoms with Crippen LogP contribution in [0.25, 0.3) is 17.0 Å². The normalized spacial score (nSPS) is 16.4. The Morgan fingerprint density at radius 3 is 2.52 bits per heavy atom. The van der Waals surface area contributed by atoms with Gasteiger partial charge in [0.2, 0.25) is 0 Å². The summed E-state index contributed by atoms with van der Waals surface area (Å²) in [4.78, 5) is 26.5. The van der Waals surface area contributed by atoms with E-state index in [0.717, 1.165) is 33.1 Å². The first-order valence-corrected chi connectivity index (χ1v) is 8.47. The minimum Gasteiger partial charge on any atom is -0.508 e. The molecule has 1 N–H and O–H groups in total. The summed E-state index contributed by atoms with van der Waals surface area (Å²) in [5, 5.41) is 10.1. The number of phenolic OH excluding ortho intramolecular Hbond substituents is 1. The van der Waals surface area contributed by atoms with Gasteiger partial charge in [-0.1, -0.05) is 18.2 Å². The monoisotopic (exact) mass is 350 g/mol. The highest BCUT2D eigenvalue weighted by Gasteiger charge is 2.36. The number of thioether (sulfide) groups is 1. The van der Waals surface area contributed by atoms with E-state index in [-0.39, 0.29) is 16.9 Å². The Morgan fingerprint density at radius 2 is 1.76 bits per heavy atom. The number of aryl methyl sites for hydroxylation is 1. The molecule has 124 valence electrons. The van der Waals surface area contributed by atoms with Gasteiger partial charge in [-0.15, -0.1) is 0 Å². The second-order valence-corrected chi connectivity index (χ2v) is 6.74. The summed E-state index contributed by atoms with van der Waals surface area (Å²) in [6, 6.07) is 13.9. The van der Waals surface area contributed by atoms with Crippen molar-refractivity contribution in [3.63, 3.8) is 0 Å². The summed E-state index contributed by atoms with van der Waals surface area (Å²) in [7, 11) is 1.95. The summed E-state index contributed by atoms with van der Waals surface area (Å²) in [5.74, 6) is -0.268. The Morgan fingerprint density at radius 1 is 1.04 bits per heavy atom. The summed E-state index contributed by atoms with van der Waals surface area (Å²) in [6.45, 7) is 0. The Hall–Kier alpha value is -2.99. The summed E-state index contributed by atoms with van der Waals surface area (Å²) >= 11 is 0.920. The standard InChI is InChI=1S/C19H14N2O3S/c1-20-11-12(15-4-2-3-5-16(15)20)10-17-18(23)21(19(24)25-17)13-6-8-14(22)9-7-13/h2-11,22H,1H3/b17-10+. The number of hydrogen-bond donors (Lipinski definition) is 1. The van der Waals surface area contributed by atoms with Crippen molar-refractivity contribution in [2.75, 3.05) is 4.90 Å². The first-order valence-electron chi connectivity index (χ1n) is 7.65. The smallest absolute Gasteiger partial charge is 0.298 e. The van der Waals surface area contributed by atoms with E-state index in [0.29, 0.717) is 10.6 Å². The fourth-order valence-corrected chi connectivity index (χ4v) is 3.75. The van der Waals surface area contributed by atoms with Crippen LogP contribution in [0.2, 0.25) is 0 Å². The zero-order valence-electron chi connectivity index (χ0n) is 13.3. The quantitative estimate of drug-likeness (QED) is 0.706. The average molecular weight is 350 g/mol. The Balaban J connectivity index is 1.74. The average Bonchev–Trinajstić information content (AvgIpc) is 3.06. The number of nitrogens with zero attached hydrogens (tertiary/aromatic N) is 2. The first-order chi connectivity index (χ1) is 12.0. The molecule has 0 radical (unpaired) electrons. The number of rotatable bonds is 2. The van der Waals surface area contributed by atoms with Crippen molar-refractivity contribution >= 4 is 45.6 Å². The van der Waals surface area contributed by atoms with Gasteiger partial charge in [0, 0.05) is 29.7 Å². The van der Waals surface area contributed by atoms with Gasteiger partial charge >= 0.3 is 0 Å². The predicted octanol–water partition coefficient (Wildman–Crippen LogP) is 4.12. The van der Waals surface area contributed by atoms with E-state index < -0.39 is 0 Å². The highest BCUT2D eigenvalue weighted by Crippen LogP contribution is 2.37. The molecule has 25 heavy (non-hydrogen) atoms. The van der Waals surface area contributed by atoms with Gasteiger partial charge in [0.25, 0.3) is 11.1 Å². The lowest BCUT2D eigenvalue weighted by Crippen LogP contribution is -2.27. The molecule has 1 aromatic heterocycles. The molecule has 2 heterocycles. The number of carbonyl (C=O) groups is 2. The van der Waals surface area contributed by atoms with E-state index >= 15 is 0 Å². The van der Waals surface area contributed by atoms with Crippen molar-refractivity contribution in [2.24, 2.45) is 7.05 Å². The molecule has 0 atom stereocenters. The molecule has 1 fully saturated rings. The van der Waals surface area contributed by atoms with Crippen LogP contribution in [0.1, 0.15) is 5.56 Å². The van der Waals surface area contributed by atoms with Crippen LogP contribution in [0.5, 0.6) is 5.75 Å². The Labute approximate surface area is 148 Å². The number of amides is 2. The van der Waals surface area contributed by atoms with Crippen molar-refractivity contribution in [2.45, 2.75) is 0 Å². The number of imide groups is 1. The molecule has 1 aliphatic heterocycles. The van der Waals surface area contributed by atoms with Gasteiger partial charge in [0.15, 0.2) is 0 Å². The zero-order valence-corrected chi connectivity index (χ0v) is 14.2. The Kier molecular flexibility index (Phi) is 3.62. The molecule has 0 unspecified atom stereocenters. The molecular weight excluding hydrogens is 336 g/mol. The van der Waals surface area contributed by atoms with Crippen molar-refractivity contribution in [1.82, 2.24) is 4.57 Å². The number of benzene rings is 2. The van der Waals surface area contributed by atoms with Crippen LogP contribution in [0.3, 0.4) is 0 Å². The van der Waals surface area contributed by atoms with Crippen LogP contribution in [0.15, 0.2) is 59.6 Å². The molecule has 5 nitrogen and oxygen atoms in total. The van der Waals surface area contributed by atoms with Crippen LogP contribution in [-0.2, 0) is 11.8 Å². The summed E-state index contributed by atoms with van der Waals surface area (Å²) in [6.07, 6.45) is 3.70. The van der Waals surface area contributed by atoms with Crippen LogP contribution < -0.4 is 4.90 Å². The lowest BCUT2D eigenvalue weighted by Gasteiger charge is -2.12. The van der Waals surface area contributed by atoms with Gasteiger partial charge in [-0.3, -0.25) is 9.59 Å². The number of phenols is 1. The predicted molar refractivity (Wildman–Crippen MR) is 99.5 cm³/mol. The highest BCUT2D eigenvalue weighted by atomic mass is 32.2. The minimum atomic E-state index is -0.353. The van der Waals surface area contributed by atoms with Crippen molar-refractivity contribution in [3.05, 3.63) is 65.2 Å². The second kappa shape index (κ2) is 5.82. The van der Waals surface area contributed by atoms with Crippen LogP contribution in [-0.4, -0.2) is 20.8 Å². The van der Waals surface area contributed by atoms with Gasteiger partial charge < -0.3 is 9.67 Å². The molecule has 2 aromatic carbocycles. The largest absolute Gasteiger partial charge is 0.508 e. The Bertz CT molecular complexity index is 1030. The topological polar surface area (TPSA) is 62.5 Å². The van der Waals surface area contributed by atoms with Crippen molar-refractivity contribution < 1.29 is 14.7 Å². The fraction of sp³-hybridized carbons (Fsp3) is 0.0526. The molecule has 4 rings (SSSR count). The third kappa shape index (κ3) is 2.60. The van der Waals surface area contributed by atoms with E-state index in [1.165, 1.54) is 12.1 Å². The molecule has 1 aliphatic rings. The van der Waals surface area contributed by atoms with Gasteiger partial charge in [-0.25, -0.2) is 4.90 Å². The van der Waals surface area contributed by atoms with Crippen LogP contribution in [0.4, 0.5) is 10.5 Å². The van der Waals surface area contributed by atoms with Crippen LogP contribution in [0, 0.1) is 0 Å². The number of anilines is 1. The number of carbonyl (C=O) groups excluding carboxylic acids is 2. The first kappa shape index (κ1) is 15.5. The molecule has 0 spiro atoms. The van der Waals surface area contributed by atoms with E-state index in [1.807, 2.05) is 42.1 Å². The third-order valence-corrected chi connectivity index (χ3v) is 4.99. The van der Waals surface area contributed by atoms with Gasteiger partial charge in [0.1, 0.15) is 5.75 Å². The lowest BCUT2D eigenvalue weighted by atomic mass is 10.1. The SMILES string of the molecule is Cn1cc(/C=C2/SC(=O)N(c3ccc(O)cc3)C2=O)c2ccccc21. The van der Waals surface area contributed by atoms with Crippen molar-refractivity contribution in [3.8, 4) is 5.75 Å². The maximum absolute atomic E-state index is 12.7. The molecule has 6 heteroatoms. The molecule has 0 saturated carbocycles. The molecule has 2 amide bonds. The molecule has 3 aromatic rings. The highest BCUT2D eigenvalue weighted by molar-refractivity contribution is 8.19. The maximum atomic E-state index is 12.7. The lowest BCUT2D eigenvalue weighted by molar-refractivity contribution is -0.113. The minimum absolute atomic E-state index is 0.0852. The maximum Gasteiger partial charge on any atom is 0.298 e. The van der Waals surface area contributed by atoms with E-state index in [2.05, 4.69) is 0 Å². The van der Waals surface area contributed by atoms with Crippen LogP contribution >= 0.6 is 11.8 Å². The second-order valence-electron chi connectivity index (χ2n) is 5.75. The summed E-state index contributed by atoms with van der Waals surface area (Å²) in [5.41, 5.74) is 2.41. The van der Waals surface area contributed by atoms with E-state index in [1.54, 1.807) is 18.2 Å². The molecule has 0 bridgehead atoms. The van der Waals surface area contributed by atoms with Gasteiger partial charge in [0.05, 0.1) is 10.6 Å². The van der Waals surface area contributed by atoms with Gasteiger partial charge in [-0.2, -0.15) is 0 Å². The number of aromatic hydroxyl groups is 1. The van der Waals surface area contributed by atoms with Crippen molar-refractivity contribution in [1.29, 1.82) is 0 Å². The third-order valence-electron chi connectivity index (χ3n) is 4.12.